The number of hydrogen-bond acceptors (Lipinski definition) is 6. The summed E-state index contributed by atoms with van der Waals surface area (Å²) in [6, 6.07) is 15.0. The van der Waals surface area contributed by atoms with Gasteiger partial charge in [0, 0.05) is 35.4 Å². The Morgan fingerprint density at radius 3 is 2.41 bits per heavy atom. The average molecular weight is 433 g/mol. The summed E-state index contributed by atoms with van der Waals surface area (Å²) in [7, 11) is 0. The van der Waals surface area contributed by atoms with Crippen molar-refractivity contribution in [2.45, 2.75) is 6.18 Å². The highest BCUT2D eigenvalue weighted by Gasteiger charge is 2.32. The van der Waals surface area contributed by atoms with Crippen LogP contribution in [0.3, 0.4) is 0 Å². The van der Waals surface area contributed by atoms with Gasteiger partial charge < -0.3 is 10.3 Å². The molecule has 10 heteroatoms. The first-order chi connectivity index (χ1) is 15.5. The molecule has 0 fully saturated rings. The molecular weight excluding hydrogens is 419 g/mol. The third-order valence-electron chi connectivity index (χ3n) is 4.64. The molecule has 0 atom stereocenters. The van der Waals surface area contributed by atoms with Crippen LogP contribution in [0.25, 0.3) is 33.8 Å². The number of H-pyrrole nitrogens is 1. The van der Waals surface area contributed by atoms with Crippen LogP contribution in [0.4, 0.5) is 24.8 Å². The Morgan fingerprint density at radius 1 is 0.812 bits per heavy atom. The zero-order chi connectivity index (χ0) is 22.1. The van der Waals surface area contributed by atoms with Crippen molar-refractivity contribution in [2.75, 3.05) is 5.32 Å². The number of hydrogen-bond donors (Lipinski definition) is 2. The number of halogens is 3. The molecule has 5 rings (SSSR count). The number of imidazole rings is 1. The Morgan fingerprint density at radius 2 is 1.66 bits per heavy atom. The minimum absolute atomic E-state index is 0.00151. The summed E-state index contributed by atoms with van der Waals surface area (Å²) in [5.41, 5.74) is 2.36. The van der Waals surface area contributed by atoms with E-state index in [-0.39, 0.29) is 5.65 Å². The molecule has 7 nitrogen and oxygen atoms in total. The maximum Gasteiger partial charge on any atom is 0.433 e. The zero-order valence-electron chi connectivity index (χ0n) is 16.3. The van der Waals surface area contributed by atoms with Crippen molar-refractivity contribution in [3.8, 4) is 22.6 Å². The molecule has 4 aromatic heterocycles. The van der Waals surface area contributed by atoms with Crippen LogP contribution in [0, 0.1) is 0 Å². The molecule has 1 aromatic carbocycles. The van der Waals surface area contributed by atoms with Gasteiger partial charge in [-0.1, -0.05) is 18.2 Å². The van der Waals surface area contributed by atoms with E-state index < -0.39 is 11.9 Å². The molecule has 0 bridgehead atoms. The van der Waals surface area contributed by atoms with Crippen molar-refractivity contribution < 1.29 is 13.2 Å². The predicted molar refractivity (Wildman–Crippen MR) is 113 cm³/mol. The molecule has 0 aliphatic carbocycles. The molecule has 0 saturated heterocycles. The fourth-order valence-corrected chi connectivity index (χ4v) is 3.12. The molecule has 0 radical (unpaired) electrons. The summed E-state index contributed by atoms with van der Waals surface area (Å²) < 4.78 is 38.7. The Kier molecular flexibility index (Phi) is 4.74. The van der Waals surface area contributed by atoms with E-state index in [0.29, 0.717) is 28.5 Å². The maximum absolute atomic E-state index is 12.9. The predicted octanol–water partition coefficient (Wildman–Crippen LogP) is 5.24. The van der Waals surface area contributed by atoms with E-state index in [2.05, 4.69) is 35.2 Å². The number of anilines is 2. The van der Waals surface area contributed by atoms with Gasteiger partial charge in [-0.2, -0.15) is 13.2 Å². The molecule has 0 aliphatic heterocycles. The van der Waals surface area contributed by atoms with Crippen LogP contribution in [0.1, 0.15) is 5.69 Å². The van der Waals surface area contributed by atoms with Crippen LogP contribution in [-0.2, 0) is 6.18 Å². The van der Waals surface area contributed by atoms with Crippen LogP contribution in [0.15, 0.2) is 73.2 Å². The number of nitrogens with zero attached hydrogens (tertiary/aromatic N) is 5. The highest BCUT2D eigenvalue weighted by atomic mass is 19.4. The smallest absolute Gasteiger partial charge is 0.337 e. The van der Waals surface area contributed by atoms with Crippen molar-refractivity contribution in [1.82, 2.24) is 29.9 Å². The molecule has 158 valence electrons. The van der Waals surface area contributed by atoms with Crippen LogP contribution in [0.2, 0.25) is 0 Å². The molecule has 0 saturated carbocycles. The lowest BCUT2D eigenvalue weighted by Gasteiger charge is -2.07. The summed E-state index contributed by atoms with van der Waals surface area (Å²) in [5, 5.41) is 3.11. The van der Waals surface area contributed by atoms with E-state index in [1.807, 2.05) is 24.3 Å². The molecule has 5 aromatic rings. The molecular formula is C22H14F3N7. The van der Waals surface area contributed by atoms with E-state index >= 15 is 0 Å². The van der Waals surface area contributed by atoms with Gasteiger partial charge in [0.25, 0.3) is 0 Å². The SMILES string of the molecule is FC(F)(F)c1ccc2[nH]c(-c3cccc(Nc4ncc(-c5ccccn5)cn4)c3)nc2n1. The fraction of sp³-hybridized carbons (Fsp3) is 0.0455. The second-order valence-electron chi connectivity index (χ2n) is 6.87. The van der Waals surface area contributed by atoms with Gasteiger partial charge >= 0.3 is 6.18 Å². The fourth-order valence-electron chi connectivity index (χ4n) is 3.12. The molecule has 0 amide bonds. The van der Waals surface area contributed by atoms with Gasteiger partial charge in [0.05, 0.1) is 11.2 Å². The lowest BCUT2D eigenvalue weighted by atomic mass is 10.2. The number of rotatable bonds is 4. The standard InChI is InChI=1S/C22H14F3N7/c23-22(24,25)18-8-7-17-20(31-18)32-19(30-17)13-4-3-5-15(10-13)29-21-27-11-14(12-28-21)16-6-1-2-9-26-16/h1-12H,(H,27,28,29)(H,30,31,32). The van der Waals surface area contributed by atoms with Crippen molar-refractivity contribution in [3.05, 3.63) is 78.9 Å². The lowest BCUT2D eigenvalue weighted by molar-refractivity contribution is -0.141. The van der Waals surface area contributed by atoms with Gasteiger partial charge in [-0.05, 0) is 36.4 Å². The minimum Gasteiger partial charge on any atom is -0.337 e. The third-order valence-corrected chi connectivity index (χ3v) is 4.64. The van der Waals surface area contributed by atoms with Crippen molar-refractivity contribution >= 4 is 22.8 Å². The molecule has 0 aliphatic rings. The van der Waals surface area contributed by atoms with E-state index in [4.69, 9.17) is 0 Å². The summed E-state index contributed by atoms with van der Waals surface area (Å²) >= 11 is 0. The molecule has 2 N–H and O–H groups in total. The van der Waals surface area contributed by atoms with Gasteiger partial charge in [-0.3, -0.25) is 4.98 Å². The Hall–Kier alpha value is -4.34. The number of nitrogens with one attached hydrogen (secondary N) is 2. The Balaban J connectivity index is 1.39. The van der Waals surface area contributed by atoms with Gasteiger partial charge in [0.15, 0.2) is 5.65 Å². The first kappa shape index (κ1) is 19.6. The molecule has 32 heavy (non-hydrogen) atoms. The van der Waals surface area contributed by atoms with Crippen LogP contribution >= 0.6 is 0 Å². The number of alkyl halides is 3. The lowest BCUT2D eigenvalue weighted by Crippen LogP contribution is -2.07. The summed E-state index contributed by atoms with van der Waals surface area (Å²) in [6.07, 6.45) is 0.517. The third kappa shape index (κ3) is 3.97. The highest BCUT2D eigenvalue weighted by Crippen LogP contribution is 2.30. The Labute approximate surface area is 179 Å². The molecule has 0 unspecified atom stereocenters. The van der Waals surface area contributed by atoms with E-state index in [9.17, 15) is 13.2 Å². The van der Waals surface area contributed by atoms with Crippen molar-refractivity contribution in [3.63, 3.8) is 0 Å². The van der Waals surface area contributed by atoms with Gasteiger partial charge in [0.2, 0.25) is 5.95 Å². The number of aromatic nitrogens is 6. The van der Waals surface area contributed by atoms with Crippen molar-refractivity contribution in [1.29, 1.82) is 0 Å². The highest BCUT2D eigenvalue weighted by molar-refractivity contribution is 5.77. The summed E-state index contributed by atoms with van der Waals surface area (Å²) in [4.78, 5) is 23.7. The second kappa shape index (κ2) is 7.73. The first-order valence-electron chi connectivity index (χ1n) is 9.50. The molecule has 0 spiro atoms. The Bertz CT molecular complexity index is 1380. The van der Waals surface area contributed by atoms with E-state index in [1.54, 1.807) is 36.8 Å². The van der Waals surface area contributed by atoms with Gasteiger partial charge in [-0.25, -0.2) is 19.9 Å². The normalized spacial score (nSPS) is 11.6. The minimum atomic E-state index is -4.52. The average Bonchev–Trinajstić information content (AvgIpc) is 3.23. The van der Waals surface area contributed by atoms with E-state index in [1.165, 1.54) is 6.07 Å². The number of fused-ring (bicyclic) bond motifs is 1. The molecule has 4 heterocycles. The quantitative estimate of drug-likeness (QED) is 0.403. The van der Waals surface area contributed by atoms with Gasteiger partial charge in [-0.15, -0.1) is 0 Å². The monoisotopic (exact) mass is 433 g/mol. The topological polar surface area (TPSA) is 92.3 Å². The number of pyridine rings is 2. The van der Waals surface area contributed by atoms with Crippen LogP contribution < -0.4 is 5.32 Å². The van der Waals surface area contributed by atoms with E-state index in [0.717, 1.165) is 17.3 Å². The number of benzene rings is 1. The second-order valence-corrected chi connectivity index (χ2v) is 6.87. The van der Waals surface area contributed by atoms with Crippen molar-refractivity contribution in [2.24, 2.45) is 0 Å². The zero-order valence-corrected chi connectivity index (χ0v) is 16.3. The maximum atomic E-state index is 12.9. The first-order valence-corrected chi connectivity index (χ1v) is 9.50. The van der Waals surface area contributed by atoms with Gasteiger partial charge in [0.1, 0.15) is 11.5 Å². The largest absolute Gasteiger partial charge is 0.433 e. The summed E-state index contributed by atoms with van der Waals surface area (Å²) in [5.74, 6) is 0.796. The summed E-state index contributed by atoms with van der Waals surface area (Å²) in [6.45, 7) is 0. The van der Waals surface area contributed by atoms with Crippen LogP contribution in [0.5, 0.6) is 0 Å². The number of aromatic amines is 1. The van der Waals surface area contributed by atoms with Crippen LogP contribution in [-0.4, -0.2) is 29.9 Å².